The number of anilines is 2. The number of halogens is 1. The predicted molar refractivity (Wildman–Crippen MR) is 63.4 cm³/mol. The van der Waals surface area contributed by atoms with Gasteiger partial charge in [-0.05, 0) is 43.2 Å². The smallest absolute Gasteiger partial charge is 0.214 e. The number of nitrogens with zero attached hydrogens (tertiary/aromatic N) is 1. The number of rotatable bonds is 2. The Morgan fingerprint density at radius 3 is 2.44 bits per heavy atom. The lowest BCUT2D eigenvalue weighted by Crippen LogP contribution is -1.93. The molecule has 1 heterocycles. The molecule has 0 saturated carbocycles. The topological polar surface area (TPSA) is 24.9 Å². The van der Waals surface area contributed by atoms with E-state index in [1.165, 1.54) is 23.4 Å². The van der Waals surface area contributed by atoms with E-state index in [0.29, 0.717) is 5.69 Å². The molecular weight excluding hydrogens is 203 g/mol. The minimum Gasteiger partial charge on any atom is -0.355 e. The third-order valence-electron chi connectivity index (χ3n) is 2.52. The molecule has 0 aliphatic heterocycles. The average molecular weight is 216 g/mol. The molecule has 1 aromatic carbocycles. The molecule has 0 saturated heterocycles. The van der Waals surface area contributed by atoms with Gasteiger partial charge in [0.2, 0.25) is 5.95 Å². The van der Waals surface area contributed by atoms with E-state index in [1.54, 1.807) is 6.07 Å². The minimum atomic E-state index is -0.478. The molecule has 2 aromatic rings. The first kappa shape index (κ1) is 10.6. The van der Waals surface area contributed by atoms with E-state index in [4.69, 9.17) is 0 Å². The molecule has 2 nitrogen and oxygen atoms in total. The van der Waals surface area contributed by atoms with Crippen LogP contribution in [0.3, 0.4) is 0 Å². The van der Waals surface area contributed by atoms with Gasteiger partial charge in [0.1, 0.15) is 0 Å². The molecule has 0 fully saturated rings. The molecule has 0 amide bonds. The van der Waals surface area contributed by atoms with Gasteiger partial charge in [0.25, 0.3) is 0 Å². The highest BCUT2D eigenvalue weighted by Crippen LogP contribution is 2.19. The van der Waals surface area contributed by atoms with Crippen molar-refractivity contribution in [1.82, 2.24) is 4.98 Å². The van der Waals surface area contributed by atoms with Crippen LogP contribution >= 0.6 is 0 Å². The third kappa shape index (κ3) is 2.37. The summed E-state index contributed by atoms with van der Waals surface area (Å²) in [6, 6.07) is 9.15. The quantitative estimate of drug-likeness (QED) is 0.776. The summed E-state index contributed by atoms with van der Waals surface area (Å²) in [5, 5.41) is 3.13. The van der Waals surface area contributed by atoms with Crippen molar-refractivity contribution in [3.8, 4) is 0 Å². The maximum absolute atomic E-state index is 12.9. The normalized spacial score (nSPS) is 10.2. The molecule has 0 bridgehead atoms. The second-order valence-electron chi connectivity index (χ2n) is 3.79. The Kier molecular flexibility index (Phi) is 2.86. The SMILES string of the molecule is Cc1ccc(Nc2ccnc(F)c2)cc1C. The minimum absolute atomic E-state index is 0.478. The summed E-state index contributed by atoms with van der Waals surface area (Å²) in [5.74, 6) is -0.478. The van der Waals surface area contributed by atoms with Crippen LogP contribution in [0.25, 0.3) is 0 Å². The van der Waals surface area contributed by atoms with Crippen LogP contribution in [-0.4, -0.2) is 4.98 Å². The Hall–Kier alpha value is -1.90. The second-order valence-corrected chi connectivity index (χ2v) is 3.79. The van der Waals surface area contributed by atoms with Gasteiger partial charge >= 0.3 is 0 Å². The van der Waals surface area contributed by atoms with Gasteiger partial charge in [0.15, 0.2) is 0 Å². The molecule has 0 atom stereocenters. The Morgan fingerprint density at radius 1 is 1.00 bits per heavy atom. The molecule has 16 heavy (non-hydrogen) atoms. The lowest BCUT2D eigenvalue weighted by atomic mass is 10.1. The van der Waals surface area contributed by atoms with Crippen molar-refractivity contribution >= 4 is 11.4 Å². The van der Waals surface area contributed by atoms with Crippen LogP contribution in [0.5, 0.6) is 0 Å². The highest BCUT2D eigenvalue weighted by atomic mass is 19.1. The van der Waals surface area contributed by atoms with Crippen molar-refractivity contribution in [1.29, 1.82) is 0 Å². The van der Waals surface area contributed by atoms with Crippen LogP contribution in [0.4, 0.5) is 15.8 Å². The summed E-state index contributed by atoms with van der Waals surface area (Å²) in [4.78, 5) is 3.51. The van der Waals surface area contributed by atoms with E-state index >= 15 is 0 Å². The average Bonchev–Trinajstić information content (AvgIpc) is 2.24. The zero-order valence-electron chi connectivity index (χ0n) is 9.29. The Labute approximate surface area is 94.2 Å². The van der Waals surface area contributed by atoms with Gasteiger partial charge in [-0.2, -0.15) is 4.39 Å². The molecule has 3 heteroatoms. The fourth-order valence-electron chi connectivity index (χ4n) is 1.47. The molecule has 2 rings (SSSR count). The zero-order chi connectivity index (χ0) is 11.5. The van der Waals surface area contributed by atoms with Crippen molar-refractivity contribution in [3.63, 3.8) is 0 Å². The highest BCUT2D eigenvalue weighted by molar-refractivity contribution is 5.60. The number of aryl methyl sites for hydroxylation is 2. The maximum atomic E-state index is 12.9. The van der Waals surface area contributed by atoms with Crippen LogP contribution < -0.4 is 5.32 Å². The second kappa shape index (κ2) is 4.31. The first-order valence-corrected chi connectivity index (χ1v) is 5.11. The molecule has 82 valence electrons. The lowest BCUT2D eigenvalue weighted by Gasteiger charge is -2.08. The van der Waals surface area contributed by atoms with Crippen LogP contribution in [0.2, 0.25) is 0 Å². The summed E-state index contributed by atoms with van der Waals surface area (Å²) in [6.07, 6.45) is 1.44. The van der Waals surface area contributed by atoms with E-state index in [0.717, 1.165) is 5.69 Å². The van der Waals surface area contributed by atoms with Crippen LogP contribution in [-0.2, 0) is 0 Å². The van der Waals surface area contributed by atoms with Gasteiger partial charge < -0.3 is 5.32 Å². The third-order valence-corrected chi connectivity index (χ3v) is 2.52. The molecule has 0 aliphatic carbocycles. The molecular formula is C13H13FN2. The van der Waals surface area contributed by atoms with Crippen molar-refractivity contribution < 1.29 is 4.39 Å². The molecule has 0 aliphatic rings. The summed E-state index contributed by atoms with van der Waals surface area (Å²) >= 11 is 0. The van der Waals surface area contributed by atoms with Gasteiger partial charge in [-0.25, -0.2) is 4.98 Å². The zero-order valence-corrected chi connectivity index (χ0v) is 9.29. The summed E-state index contributed by atoms with van der Waals surface area (Å²) < 4.78 is 12.9. The van der Waals surface area contributed by atoms with Crippen molar-refractivity contribution in [2.75, 3.05) is 5.32 Å². The number of pyridine rings is 1. The van der Waals surface area contributed by atoms with E-state index in [-0.39, 0.29) is 0 Å². The summed E-state index contributed by atoms with van der Waals surface area (Å²) in [6.45, 7) is 4.11. The lowest BCUT2D eigenvalue weighted by molar-refractivity contribution is 0.584. The number of nitrogens with one attached hydrogen (secondary N) is 1. The van der Waals surface area contributed by atoms with Crippen LogP contribution in [0, 0.1) is 19.8 Å². The van der Waals surface area contributed by atoms with E-state index in [1.807, 2.05) is 25.1 Å². The van der Waals surface area contributed by atoms with Gasteiger partial charge in [0.05, 0.1) is 0 Å². The van der Waals surface area contributed by atoms with E-state index < -0.39 is 5.95 Å². The molecule has 0 unspecified atom stereocenters. The van der Waals surface area contributed by atoms with Crippen molar-refractivity contribution in [3.05, 3.63) is 53.6 Å². The van der Waals surface area contributed by atoms with E-state index in [9.17, 15) is 4.39 Å². The number of aromatic nitrogens is 1. The van der Waals surface area contributed by atoms with Crippen molar-refractivity contribution in [2.24, 2.45) is 0 Å². The van der Waals surface area contributed by atoms with Gasteiger partial charge in [-0.1, -0.05) is 6.07 Å². The van der Waals surface area contributed by atoms with Gasteiger partial charge in [-0.3, -0.25) is 0 Å². The first-order valence-electron chi connectivity index (χ1n) is 5.11. The Balaban J connectivity index is 2.24. The maximum Gasteiger partial charge on any atom is 0.214 e. The van der Waals surface area contributed by atoms with Crippen molar-refractivity contribution in [2.45, 2.75) is 13.8 Å². The molecule has 0 spiro atoms. The van der Waals surface area contributed by atoms with E-state index in [2.05, 4.69) is 17.2 Å². The number of benzene rings is 1. The Morgan fingerprint density at radius 2 is 1.75 bits per heavy atom. The fourth-order valence-corrected chi connectivity index (χ4v) is 1.47. The summed E-state index contributed by atoms with van der Waals surface area (Å²) in [7, 11) is 0. The summed E-state index contributed by atoms with van der Waals surface area (Å²) in [5.41, 5.74) is 4.11. The monoisotopic (exact) mass is 216 g/mol. The highest BCUT2D eigenvalue weighted by Gasteiger charge is 1.98. The fraction of sp³-hybridized carbons (Fsp3) is 0.154. The standard InChI is InChI=1S/C13H13FN2/c1-9-3-4-11(7-10(9)2)16-12-5-6-15-13(14)8-12/h3-8H,1-2H3,(H,15,16). The number of hydrogen-bond donors (Lipinski definition) is 1. The predicted octanol–water partition coefficient (Wildman–Crippen LogP) is 3.58. The van der Waals surface area contributed by atoms with Crippen LogP contribution in [0.1, 0.15) is 11.1 Å². The largest absolute Gasteiger partial charge is 0.355 e. The van der Waals surface area contributed by atoms with Gasteiger partial charge in [0, 0.05) is 23.6 Å². The Bertz CT molecular complexity index is 509. The molecule has 1 N–H and O–H groups in total. The molecule has 0 radical (unpaired) electrons. The van der Waals surface area contributed by atoms with Gasteiger partial charge in [-0.15, -0.1) is 0 Å². The van der Waals surface area contributed by atoms with Crippen LogP contribution in [0.15, 0.2) is 36.5 Å². The molecule has 1 aromatic heterocycles. The first-order chi connectivity index (χ1) is 7.65. The number of hydrogen-bond acceptors (Lipinski definition) is 2.